The molecule has 0 N–H and O–H groups in total. The molecule has 1 nitrogen and oxygen atoms in total. The van der Waals surface area contributed by atoms with Gasteiger partial charge in [-0.3, -0.25) is 4.79 Å². The summed E-state index contributed by atoms with van der Waals surface area (Å²) in [5.74, 6) is 0.257. The van der Waals surface area contributed by atoms with Crippen molar-refractivity contribution in [3.8, 4) is 0 Å². The van der Waals surface area contributed by atoms with Gasteiger partial charge in [-0.05, 0) is 37.8 Å². The molecule has 0 saturated carbocycles. The maximum absolute atomic E-state index is 11.3. The second kappa shape index (κ2) is 4.22. The zero-order valence-electron chi connectivity index (χ0n) is 8.39. The van der Waals surface area contributed by atoms with E-state index in [1.807, 2.05) is 6.08 Å². The van der Waals surface area contributed by atoms with Crippen molar-refractivity contribution in [1.82, 2.24) is 0 Å². The minimum Gasteiger partial charge on any atom is -0.294 e. The number of allylic oxidation sites excluding steroid dienone is 5. The molecule has 0 bridgehead atoms. The Kier molecular flexibility index (Phi) is 3.24. The number of carbonyl (C=O) groups is 1. The zero-order chi connectivity index (χ0) is 9.84. The molecule has 13 heavy (non-hydrogen) atoms. The lowest BCUT2D eigenvalue weighted by Gasteiger charge is -1.96. The summed E-state index contributed by atoms with van der Waals surface area (Å²) in [5, 5.41) is 0. The molecule has 0 fully saturated rings. The van der Waals surface area contributed by atoms with E-state index in [1.165, 1.54) is 5.57 Å². The van der Waals surface area contributed by atoms with Crippen molar-refractivity contribution in [1.29, 1.82) is 0 Å². The molecule has 0 unspecified atom stereocenters. The summed E-state index contributed by atoms with van der Waals surface area (Å²) in [6.07, 6.45) is 6.46. The van der Waals surface area contributed by atoms with Crippen molar-refractivity contribution >= 4 is 5.78 Å². The lowest BCUT2D eigenvalue weighted by Crippen LogP contribution is -1.94. The van der Waals surface area contributed by atoms with Gasteiger partial charge in [-0.2, -0.15) is 0 Å². The molecule has 0 saturated heterocycles. The molecule has 70 valence electrons. The predicted octanol–water partition coefficient (Wildman–Crippen LogP) is 3.19. The molecule has 0 aliphatic heterocycles. The first-order valence-corrected chi connectivity index (χ1v) is 4.64. The van der Waals surface area contributed by atoms with Crippen molar-refractivity contribution in [2.75, 3.05) is 0 Å². The van der Waals surface area contributed by atoms with Crippen LogP contribution < -0.4 is 0 Å². The molecule has 0 aromatic carbocycles. The molecule has 0 aromatic heterocycles. The van der Waals surface area contributed by atoms with Crippen molar-refractivity contribution in [3.63, 3.8) is 0 Å². The summed E-state index contributed by atoms with van der Waals surface area (Å²) >= 11 is 0. The molecule has 1 heteroatoms. The SMILES string of the molecule is C=C1C=C(CCC=C(C)C)C(=O)C1. The maximum atomic E-state index is 11.3. The maximum Gasteiger partial charge on any atom is 0.163 e. The van der Waals surface area contributed by atoms with Gasteiger partial charge in [0, 0.05) is 6.42 Å². The highest BCUT2D eigenvalue weighted by molar-refractivity contribution is 6.00. The van der Waals surface area contributed by atoms with Crippen LogP contribution in [0, 0.1) is 0 Å². The number of carbonyl (C=O) groups excluding carboxylic acids is 1. The molecule has 0 amide bonds. The van der Waals surface area contributed by atoms with Gasteiger partial charge < -0.3 is 0 Å². The highest BCUT2D eigenvalue weighted by Crippen LogP contribution is 2.22. The Labute approximate surface area is 79.8 Å². The molecule has 1 rings (SSSR count). The van der Waals surface area contributed by atoms with E-state index < -0.39 is 0 Å². The molecule has 0 atom stereocenters. The third-order valence-corrected chi connectivity index (χ3v) is 2.09. The van der Waals surface area contributed by atoms with Gasteiger partial charge in [-0.25, -0.2) is 0 Å². The minimum absolute atomic E-state index is 0.257. The lowest BCUT2D eigenvalue weighted by atomic mass is 10.1. The van der Waals surface area contributed by atoms with Gasteiger partial charge in [-0.15, -0.1) is 0 Å². The van der Waals surface area contributed by atoms with Crippen LogP contribution in [0.15, 0.2) is 35.5 Å². The Morgan fingerprint density at radius 2 is 2.31 bits per heavy atom. The lowest BCUT2D eigenvalue weighted by molar-refractivity contribution is -0.114. The standard InChI is InChI=1S/C12H16O/c1-9(2)5-4-6-11-7-10(3)8-12(11)13/h5,7H,3-4,6,8H2,1-2H3. The third-order valence-electron chi connectivity index (χ3n) is 2.09. The quantitative estimate of drug-likeness (QED) is 0.603. The van der Waals surface area contributed by atoms with Gasteiger partial charge in [0.25, 0.3) is 0 Å². The Bertz CT molecular complexity index is 288. The Morgan fingerprint density at radius 1 is 1.62 bits per heavy atom. The summed E-state index contributed by atoms with van der Waals surface area (Å²) in [7, 11) is 0. The number of hydrogen-bond acceptors (Lipinski definition) is 1. The topological polar surface area (TPSA) is 17.1 Å². The smallest absolute Gasteiger partial charge is 0.163 e. The van der Waals surface area contributed by atoms with Crippen LogP contribution >= 0.6 is 0 Å². The second-order valence-electron chi connectivity index (χ2n) is 3.75. The monoisotopic (exact) mass is 176 g/mol. The summed E-state index contributed by atoms with van der Waals surface area (Å²) < 4.78 is 0. The summed E-state index contributed by atoms with van der Waals surface area (Å²) in [6, 6.07) is 0. The Hall–Kier alpha value is -1.11. The molecule has 0 heterocycles. The highest BCUT2D eigenvalue weighted by Gasteiger charge is 2.16. The van der Waals surface area contributed by atoms with Gasteiger partial charge >= 0.3 is 0 Å². The fraction of sp³-hybridized carbons (Fsp3) is 0.417. The number of hydrogen-bond donors (Lipinski definition) is 0. The molecular formula is C12H16O. The fourth-order valence-corrected chi connectivity index (χ4v) is 1.43. The normalized spacial score (nSPS) is 16.0. The molecule has 0 spiro atoms. The largest absolute Gasteiger partial charge is 0.294 e. The van der Waals surface area contributed by atoms with Crippen molar-refractivity contribution in [3.05, 3.63) is 35.5 Å². The van der Waals surface area contributed by atoms with E-state index in [0.717, 1.165) is 24.0 Å². The van der Waals surface area contributed by atoms with E-state index in [-0.39, 0.29) is 5.78 Å². The predicted molar refractivity (Wildman–Crippen MR) is 55.5 cm³/mol. The van der Waals surface area contributed by atoms with Crippen LogP contribution in [0.5, 0.6) is 0 Å². The Balaban J connectivity index is 2.46. The number of ketones is 1. The van der Waals surface area contributed by atoms with Crippen molar-refractivity contribution < 1.29 is 4.79 Å². The molecule has 1 aliphatic carbocycles. The van der Waals surface area contributed by atoms with E-state index in [2.05, 4.69) is 26.5 Å². The van der Waals surface area contributed by atoms with Gasteiger partial charge in [0.15, 0.2) is 5.78 Å². The fourth-order valence-electron chi connectivity index (χ4n) is 1.43. The van der Waals surface area contributed by atoms with Crippen LogP contribution in [0.4, 0.5) is 0 Å². The summed E-state index contributed by atoms with van der Waals surface area (Å²) in [4.78, 5) is 11.3. The van der Waals surface area contributed by atoms with Gasteiger partial charge in [-0.1, -0.05) is 24.3 Å². The zero-order valence-corrected chi connectivity index (χ0v) is 8.39. The van der Waals surface area contributed by atoms with E-state index in [0.29, 0.717) is 6.42 Å². The molecule has 1 aliphatic rings. The van der Waals surface area contributed by atoms with Crippen molar-refractivity contribution in [2.45, 2.75) is 33.1 Å². The summed E-state index contributed by atoms with van der Waals surface area (Å²) in [5.41, 5.74) is 3.21. The Morgan fingerprint density at radius 3 is 2.77 bits per heavy atom. The van der Waals surface area contributed by atoms with Crippen LogP contribution in [0.2, 0.25) is 0 Å². The van der Waals surface area contributed by atoms with Crippen LogP contribution in [-0.2, 0) is 4.79 Å². The van der Waals surface area contributed by atoms with E-state index in [1.54, 1.807) is 0 Å². The summed E-state index contributed by atoms with van der Waals surface area (Å²) in [6.45, 7) is 7.93. The van der Waals surface area contributed by atoms with Gasteiger partial charge in [0.05, 0.1) is 0 Å². The minimum atomic E-state index is 0.257. The van der Waals surface area contributed by atoms with E-state index in [9.17, 15) is 4.79 Å². The number of rotatable bonds is 3. The highest BCUT2D eigenvalue weighted by atomic mass is 16.1. The molecule has 0 aromatic rings. The van der Waals surface area contributed by atoms with E-state index >= 15 is 0 Å². The van der Waals surface area contributed by atoms with Gasteiger partial charge in [0.2, 0.25) is 0 Å². The first-order valence-electron chi connectivity index (χ1n) is 4.64. The van der Waals surface area contributed by atoms with Crippen LogP contribution in [-0.4, -0.2) is 5.78 Å². The third kappa shape index (κ3) is 3.02. The average molecular weight is 176 g/mol. The molecular weight excluding hydrogens is 160 g/mol. The van der Waals surface area contributed by atoms with Crippen LogP contribution in [0.1, 0.15) is 33.1 Å². The van der Waals surface area contributed by atoms with E-state index in [4.69, 9.17) is 0 Å². The van der Waals surface area contributed by atoms with Crippen LogP contribution in [0.3, 0.4) is 0 Å². The molecule has 0 radical (unpaired) electrons. The first-order chi connectivity index (χ1) is 6.09. The van der Waals surface area contributed by atoms with Gasteiger partial charge in [0.1, 0.15) is 0 Å². The second-order valence-corrected chi connectivity index (χ2v) is 3.75. The average Bonchev–Trinajstić information content (AvgIpc) is 2.29. The first kappa shape index (κ1) is 9.97. The van der Waals surface area contributed by atoms with Crippen LogP contribution in [0.25, 0.3) is 0 Å². The number of Topliss-reactive ketones (excluding diaryl/α,β-unsaturated/α-hetero) is 1. The van der Waals surface area contributed by atoms with Crippen molar-refractivity contribution in [2.24, 2.45) is 0 Å².